The second-order valence-corrected chi connectivity index (χ2v) is 7.57. The van der Waals surface area contributed by atoms with E-state index in [-0.39, 0.29) is 10.6 Å². The first-order valence-corrected chi connectivity index (χ1v) is 10.4. The lowest BCUT2D eigenvalue weighted by atomic mass is 10.0. The standard InChI is InChI=1S/C25H22ClNO4/c1-3-20(28)22-15(2)30-24-17(22)11-7-13-19(24)27-25(29)23-18(26)12-8-14-21(23)31-16-9-5-4-6-10-16/h4-14,20,28H,3H2,1-2H3,(H,27,29). The zero-order valence-corrected chi connectivity index (χ0v) is 17.9. The van der Waals surface area contributed by atoms with E-state index < -0.39 is 12.0 Å². The number of ether oxygens (including phenoxy) is 1. The van der Waals surface area contributed by atoms with Gasteiger partial charge in [-0.05, 0) is 43.7 Å². The summed E-state index contributed by atoms with van der Waals surface area (Å²) in [4.78, 5) is 13.2. The number of para-hydroxylation sites is 2. The highest BCUT2D eigenvalue weighted by molar-refractivity contribution is 6.35. The number of halogens is 1. The molecule has 3 aromatic carbocycles. The van der Waals surface area contributed by atoms with E-state index in [1.165, 1.54) is 0 Å². The van der Waals surface area contributed by atoms with Crippen molar-refractivity contribution in [1.29, 1.82) is 0 Å². The van der Waals surface area contributed by atoms with E-state index >= 15 is 0 Å². The SMILES string of the molecule is CCC(O)c1c(C)oc2c(NC(=O)c3c(Cl)cccc3Oc3ccccc3)cccc12. The summed E-state index contributed by atoms with van der Waals surface area (Å²) in [5.74, 6) is 1.15. The zero-order chi connectivity index (χ0) is 22.0. The second kappa shape index (κ2) is 8.84. The van der Waals surface area contributed by atoms with E-state index in [2.05, 4.69) is 5.32 Å². The molecule has 0 aliphatic carbocycles. The molecule has 1 atom stereocenters. The van der Waals surface area contributed by atoms with Crippen LogP contribution in [0.25, 0.3) is 11.0 Å². The van der Waals surface area contributed by atoms with Gasteiger partial charge in [-0.2, -0.15) is 0 Å². The van der Waals surface area contributed by atoms with Gasteiger partial charge in [0.25, 0.3) is 5.91 Å². The maximum absolute atomic E-state index is 13.2. The molecule has 0 fully saturated rings. The second-order valence-electron chi connectivity index (χ2n) is 7.16. The molecule has 0 saturated carbocycles. The first kappa shape index (κ1) is 21.0. The number of nitrogens with one attached hydrogen (secondary N) is 1. The van der Waals surface area contributed by atoms with Crippen molar-refractivity contribution >= 4 is 34.2 Å². The maximum atomic E-state index is 13.2. The molecule has 5 nitrogen and oxygen atoms in total. The van der Waals surface area contributed by atoms with Gasteiger partial charge >= 0.3 is 0 Å². The normalized spacial score (nSPS) is 12.0. The molecule has 2 N–H and O–H groups in total. The summed E-state index contributed by atoms with van der Waals surface area (Å²) >= 11 is 6.37. The average molecular weight is 436 g/mol. The van der Waals surface area contributed by atoms with Crippen molar-refractivity contribution in [2.45, 2.75) is 26.4 Å². The highest BCUT2D eigenvalue weighted by Crippen LogP contribution is 2.37. The Morgan fingerprint density at radius 1 is 1.10 bits per heavy atom. The quantitative estimate of drug-likeness (QED) is 0.346. The maximum Gasteiger partial charge on any atom is 0.261 e. The van der Waals surface area contributed by atoms with Gasteiger partial charge in [0.05, 0.1) is 16.8 Å². The van der Waals surface area contributed by atoms with Gasteiger partial charge < -0.3 is 19.6 Å². The lowest BCUT2D eigenvalue weighted by Crippen LogP contribution is -2.14. The van der Waals surface area contributed by atoms with E-state index in [1.54, 1.807) is 43.3 Å². The van der Waals surface area contributed by atoms with Crippen LogP contribution in [0.5, 0.6) is 11.5 Å². The summed E-state index contributed by atoms with van der Waals surface area (Å²) in [6.45, 7) is 3.71. The Hall–Kier alpha value is -3.28. The predicted octanol–water partition coefficient (Wildman–Crippen LogP) is 6.88. The minimum atomic E-state index is -0.637. The molecule has 0 radical (unpaired) electrons. The lowest BCUT2D eigenvalue weighted by Gasteiger charge is -2.13. The smallest absolute Gasteiger partial charge is 0.261 e. The summed E-state index contributed by atoms with van der Waals surface area (Å²) in [5, 5.41) is 14.3. The summed E-state index contributed by atoms with van der Waals surface area (Å²) in [7, 11) is 0. The van der Waals surface area contributed by atoms with Crippen LogP contribution in [-0.4, -0.2) is 11.0 Å². The Morgan fingerprint density at radius 3 is 2.58 bits per heavy atom. The average Bonchev–Trinajstić information content (AvgIpc) is 3.11. The molecule has 158 valence electrons. The van der Waals surface area contributed by atoms with Gasteiger partial charge in [0.1, 0.15) is 22.8 Å². The predicted molar refractivity (Wildman–Crippen MR) is 122 cm³/mol. The molecule has 4 aromatic rings. The number of aliphatic hydroxyl groups excluding tert-OH is 1. The molecule has 1 aromatic heterocycles. The van der Waals surface area contributed by atoms with Crippen LogP contribution < -0.4 is 10.1 Å². The fraction of sp³-hybridized carbons (Fsp3) is 0.160. The Bertz CT molecular complexity index is 1230. The lowest BCUT2D eigenvalue weighted by molar-refractivity contribution is 0.102. The third-order valence-electron chi connectivity index (χ3n) is 5.08. The molecule has 6 heteroatoms. The molecule has 0 saturated heterocycles. The van der Waals surface area contributed by atoms with Crippen LogP contribution in [0.15, 0.2) is 71.1 Å². The highest BCUT2D eigenvalue weighted by Gasteiger charge is 2.22. The van der Waals surface area contributed by atoms with Gasteiger partial charge in [-0.3, -0.25) is 4.79 Å². The fourth-order valence-corrected chi connectivity index (χ4v) is 3.84. The number of amides is 1. The van der Waals surface area contributed by atoms with E-state index in [0.717, 1.165) is 10.9 Å². The molecule has 0 spiro atoms. The molecule has 0 aliphatic rings. The van der Waals surface area contributed by atoms with Crippen molar-refractivity contribution in [2.75, 3.05) is 5.32 Å². The van der Waals surface area contributed by atoms with E-state index in [1.807, 2.05) is 37.3 Å². The number of carbonyl (C=O) groups excluding carboxylic acids is 1. The van der Waals surface area contributed by atoms with Crippen molar-refractivity contribution < 1.29 is 19.1 Å². The number of hydrogen-bond acceptors (Lipinski definition) is 4. The van der Waals surface area contributed by atoms with Crippen molar-refractivity contribution in [3.63, 3.8) is 0 Å². The topological polar surface area (TPSA) is 71.7 Å². The van der Waals surface area contributed by atoms with Gasteiger partial charge in [-0.15, -0.1) is 0 Å². The van der Waals surface area contributed by atoms with Crippen LogP contribution in [0.4, 0.5) is 5.69 Å². The monoisotopic (exact) mass is 435 g/mol. The van der Waals surface area contributed by atoms with Crippen molar-refractivity contribution in [2.24, 2.45) is 0 Å². The molecule has 1 heterocycles. The summed E-state index contributed by atoms with van der Waals surface area (Å²) in [5.41, 5.74) is 1.96. The summed E-state index contributed by atoms with van der Waals surface area (Å²) < 4.78 is 11.8. The molecule has 1 amide bonds. The van der Waals surface area contributed by atoms with Crippen LogP contribution >= 0.6 is 11.6 Å². The zero-order valence-electron chi connectivity index (χ0n) is 17.2. The Morgan fingerprint density at radius 2 is 1.84 bits per heavy atom. The number of aryl methyl sites for hydroxylation is 1. The van der Waals surface area contributed by atoms with Crippen LogP contribution in [-0.2, 0) is 0 Å². The molecular weight excluding hydrogens is 414 g/mol. The molecule has 0 bridgehead atoms. The number of benzene rings is 3. The van der Waals surface area contributed by atoms with Gasteiger partial charge in [0.2, 0.25) is 0 Å². The first-order chi connectivity index (χ1) is 15.0. The third kappa shape index (κ3) is 4.15. The third-order valence-corrected chi connectivity index (χ3v) is 5.40. The number of hydrogen-bond donors (Lipinski definition) is 2. The molecule has 1 unspecified atom stereocenters. The fourth-order valence-electron chi connectivity index (χ4n) is 3.58. The minimum Gasteiger partial charge on any atom is -0.459 e. The number of aliphatic hydroxyl groups is 1. The number of anilines is 1. The Labute approximate surface area is 185 Å². The van der Waals surface area contributed by atoms with Gasteiger partial charge in [0, 0.05) is 10.9 Å². The first-order valence-electron chi connectivity index (χ1n) is 10.0. The number of fused-ring (bicyclic) bond motifs is 1. The molecular formula is C25H22ClNO4. The van der Waals surface area contributed by atoms with Crippen molar-refractivity contribution in [1.82, 2.24) is 0 Å². The highest BCUT2D eigenvalue weighted by atomic mass is 35.5. The van der Waals surface area contributed by atoms with E-state index in [0.29, 0.717) is 35.0 Å². The number of rotatable bonds is 6. The summed E-state index contributed by atoms with van der Waals surface area (Å²) in [6, 6.07) is 19.7. The van der Waals surface area contributed by atoms with Gasteiger partial charge in [-0.1, -0.05) is 54.9 Å². The van der Waals surface area contributed by atoms with E-state index in [9.17, 15) is 9.90 Å². The van der Waals surface area contributed by atoms with Crippen LogP contribution in [0, 0.1) is 6.92 Å². The molecule has 4 rings (SSSR count). The van der Waals surface area contributed by atoms with Crippen LogP contribution in [0.2, 0.25) is 5.02 Å². The number of furan rings is 1. The van der Waals surface area contributed by atoms with Crippen molar-refractivity contribution in [3.05, 3.63) is 88.6 Å². The molecule has 0 aliphatic heterocycles. The summed E-state index contributed by atoms with van der Waals surface area (Å²) in [6.07, 6.45) is -0.0760. The largest absolute Gasteiger partial charge is 0.459 e. The molecule has 31 heavy (non-hydrogen) atoms. The van der Waals surface area contributed by atoms with Gasteiger partial charge in [0.15, 0.2) is 5.58 Å². The minimum absolute atomic E-state index is 0.224. The Kier molecular flexibility index (Phi) is 5.98. The Balaban J connectivity index is 1.70. The van der Waals surface area contributed by atoms with E-state index in [4.69, 9.17) is 20.8 Å². The van der Waals surface area contributed by atoms with Crippen molar-refractivity contribution in [3.8, 4) is 11.5 Å². The number of carbonyl (C=O) groups is 1. The van der Waals surface area contributed by atoms with Crippen LogP contribution in [0.3, 0.4) is 0 Å². The van der Waals surface area contributed by atoms with Gasteiger partial charge in [-0.25, -0.2) is 0 Å². The van der Waals surface area contributed by atoms with Crippen LogP contribution in [0.1, 0.15) is 41.1 Å².